The van der Waals surface area contributed by atoms with Gasteiger partial charge in [-0.15, -0.1) is 0 Å². The number of fused-ring (bicyclic) bond motifs is 1. The fourth-order valence-electron chi connectivity index (χ4n) is 2.53. The summed E-state index contributed by atoms with van der Waals surface area (Å²) in [5, 5.41) is 0. The molecule has 2 aromatic rings. The molecule has 0 spiro atoms. The van der Waals surface area contributed by atoms with Crippen molar-refractivity contribution in [2.24, 2.45) is 0 Å². The lowest BCUT2D eigenvalue weighted by atomic mass is 9.98. The van der Waals surface area contributed by atoms with Gasteiger partial charge in [-0.05, 0) is 42.8 Å². The molecular formula is C19H18O4. The number of benzene rings is 2. The van der Waals surface area contributed by atoms with Gasteiger partial charge >= 0.3 is 0 Å². The summed E-state index contributed by atoms with van der Waals surface area (Å²) in [6.07, 6.45) is 1.83. The molecule has 23 heavy (non-hydrogen) atoms. The molecule has 1 aliphatic rings. The minimum absolute atomic E-state index is 0.000276. The first-order valence-electron chi connectivity index (χ1n) is 7.51. The molecule has 118 valence electrons. The van der Waals surface area contributed by atoms with Gasteiger partial charge in [-0.3, -0.25) is 4.79 Å². The molecule has 0 N–H and O–H groups in total. The van der Waals surface area contributed by atoms with Gasteiger partial charge in [0.05, 0.1) is 19.3 Å². The topological polar surface area (TPSA) is 44.8 Å². The molecule has 0 atom stereocenters. The van der Waals surface area contributed by atoms with Crippen molar-refractivity contribution in [3.63, 3.8) is 0 Å². The smallest absolute Gasteiger partial charge is 0.196 e. The van der Waals surface area contributed by atoms with E-state index in [-0.39, 0.29) is 12.4 Å². The Hall–Kier alpha value is -2.75. The highest BCUT2D eigenvalue weighted by Crippen LogP contribution is 2.31. The van der Waals surface area contributed by atoms with Crippen molar-refractivity contribution in [3.05, 3.63) is 59.2 Å². The largest absolute Gasteiger partial charge is 0.493 e. The number of carbonyl (C=O) groups excluding carboxylic acids is 1. The number of ketones is 1. The minimum atomic E-state index is -0.000276. The van der Waals surface area contributed by atoms with Gasteiger partial charge in [-0.2, -0.15) is 0 Å². The van der Waals surface area contributed by atoms with Crippen LogP contribution >= 0.6 is 0 Å². The minimum Gasteiger partial charge on any atom is -0.493 e. The molecule has 4 nitrogen and oxygen atoms in total. The highest BCUT2D eigenvalue weighted by Gasteiger charge is 2.22. The number of rotatable bonds is 4. The summed E-state index contributed by atoms with van der Waals surface area (Å²) in [4.78, 5) is 12.5. The third-order valence-corrected chi connectivity index (χ3v) is 3.63. The highest BCUT2D eigenvalue weighted by molar-refractivity contribution is 6.14. The Balaban J connectivity index is 1.92. The van der Waals surface area contributed by atoms with Crippen molar-refractivity contribution < 1.29 is 19.0 Å². The third kappa shape index (κ3) is 3.06. The van der Waals surface area contributed by atoms with Gasteiger partial charge in [0.25, 0.3) is 0 Å². The summed E-state index contributed by atoms with van der Waals surface area (Å²) in [7, 11) is 1.60. The van der Waals surface area contributed by atoms with E-state index < -0.39 is 0 Å². The molecule has 0 radical (unpaired) electrons. The van der Waals surface area contributed by atoms with E-state index in [1.54, 1.807) is 13.2 Å². The Labute approximate surface area is 135 Å². The van der Waals surface area contributed by atoms with E-state index in [2.05, 4.69) is 0 Å². The monoisotopic (exact) mass is 310 g/mol. The van der Waals surface area contributed by atoms with Gasteiger partial charge in [0.1, 0.15) is 12.4 Å². The van der Waals surface area contributed by atoms with E-state index >= 15 is 0 Å². The number of Topliss-reactive ketones (excluding diaryl/α,β-unsaturated/α-hetero) is 1. The summed E-state index contributed by atoms with van der Waals surface area (Å²) in [5.74, 6) is 1.97. The molecule has 0 saturated carbocycles. The first kappa shape index (κ1) is 15.2. The number of carbonyl (C=O) groups is 1. The normalized spacial score (nSPS) is 15.0. The van der Waals surface area contributed by atoms with E-state index in [0.717, 1.165) is 5.56 Å². The quantitative estimate of drug-likeness (QED) is 0.807. The Morgan fingerprint density at radius 1 is 1.17 bits per heavy atom. The maximum Gasteiger partial charge on any atom is 0.196 e. The predicted molar refractivity (Wildman–Crippen MR) is 88.4 cm³/mol. The van der Waals surface area contributed by atoms with Crippen molar-refractivity contribution in [2.75, 3.05) is 20.3 Å². The van der Waals surface area contributed by atoms with Crippen molar-refractivity contribution in [1.82, 2.24) is 0 Å². The second kappa shape index (κ2) is 6.57. The van der Waals surface area contributed by atoms with Crippen LogP contribution in [0.1, 0.15) is 22.8 Å². The first-order chi connectivity index (χ1) is 11.2. The molecule has 2 aromatic carbocycles. The first-order valence-corrected chi connectivity index (χ1v) is 7.51. The van der Waals surface area contributed by atoms with Gasteiger partial charge in [0.2, 0.25) is 0 Å². The average Bonchev–Trinajstić information content (AvgIpc) is 2.59. The molecule has 0 aliphatic carbocycles. The summed E-state index contributed by atoms with van der Waals surface area (Å²) in [5.41, 5.74) is 2.09. The molecular weight excluding hydrogens is 292 g/mol. The predicted octanol–water partition coefficient (Wildman–Crippen LogP) is 3.75. The molecule has 0 saturated heterocycles. The van der Waals surface area contributed by atoms with Gasteiger partial charge in [0, 0.05) is 5.57 Å². The lowest BCUT2D eigenvalue weighted by Crippen LogP contribution is -2.18. The highest BCUT2D eigenvalue weighted by atomic mass is 16.5. The van der Waals surface area contributed by atoms with Crippen molar-refractivity contribution in [2.45, 2.75) is 6.92 Å². The van der Waals surface area contributed by atoms with Crippen LogP contribution in [0.25, 0.3) is 6.08 Å². The summed E-state index contributed by atoms with van der Waals surface area (Å²) in [6.45, 7) is 2.76. The second-order valence-corrected chi connectivity index (χ2v) is 5.13. The molecule has 0 aromatic heterocycles. The molecule has 1 heterocycles. The van der Waals surface area contributed by atoms with E-state index in [4.69, 9.17) is 14.2 Å². The van der Waals surface area contributed by atoms with Crippen molar-refractivity contribution in [3.8, 4) is 17.2 Å². The van der Waals surface area contributed by atoms with E-state index in [1.807, 2.05) is 49.4 Å². The third-order valence-electron chi connectivity index (χ3n) is 3.63. The second-order valence-electron chi connectivity index (χ2n) is 5.13. The number of hydrogen-bond donors (Lipinski definition) is 0. The van der Waals surface area contributed by atoms with Crippen LogP contribution < -0.4 is 14.2 Å². The van der Waals surface area contributed by atoms with E-state index in [9.17, 15) is 4.79 Å². The molecule has 0 amide bonds. The molecule has 0 bridgehead atoms. The van der Waals surface area contributed by atoms with Crippen LogP contribution in [0.3, 0.4) is 0 Å². The van der Waals surface area contributed by atoms with Crippen LogP contribution in [0.15, 0.2) is 48.0 Å². The lowest BCUT2D eigenvalue weighted by molar-refractivity contribution is 0.100. The van der Waals surface area contributed by atoms with E-state index in [1.165, 1.54) is 0 Å². The Kier molecular flexibility index (Phi) is 4.33. The average molecular weight is 310 g/mol. The zero-order valence-electron chi connectivity index (χ0n) is 13.2. The fourth-order valence-corrected chi connectivity index (χ4v) is 2.53. The van der Waals surface area contributed by atoms with Crippen molar-refractivity contribution in [1.29, 1.82) is 0 Å². The van der Waals surface area contributed by atoms with Gasteiger partial charge < -0.3 is 14.2 Å². The lowest BCUT2D eigenvalue weighted by Gasteiger charge is -2.18. The van der Waals surface area contributed by atoms with Crippen molar-refractivity contribution >= 4 is 11.9 Å². The molecule has 0 unspecified atom stereocenters. The maximum absolute atomic E-state index is 12.5. The van der Waals surface area contributed by atoms with E-state index in [0.29, 0.717) is 35.0 Å². The standard InChI is InChI=1S/C19H18O4/c1-3-22-17-9-8-13(11-18(17)21-2)10-14-12-23-16-7-5-4-6-15(16)19(14)20/h4-11H,3,12H2,1-2H3/b14-10-. The van der Waals surface area contributed by atoms with Gasteiger partial charge in [-0.25, -0.2) is 0 Å². The summed E-state index contributed by atoms with van der Waals surface area (Å²) >= 11 is 0. The zero-order valence-corrected chi connectivity index (χ0v) is 13.2. The Bertz CT molecular complexity index is 762. The zero-order chi connectivity index (χ0) is 16.2. The molecule has 0 fully saturated rings. The summed E-state index contributed by atoms with van der Waals surface area (Å²) < 4.78 is 16.5. The van der Waals surface area contributed by atoms with Crippen LogP contribution in [0, 0.1) is 0 Å². The Morgan fingerprint density at radius 3 is 2.78 bits per heavy atom. The Morgan fingerprint density at radius 2 is 2.00 bits per heavy atom. The number of hydrogen-bond acceptors (Lipinski definition) is 4. The van der Waals surface area contributed by atoms with Gasteiger partial charge in [0.15, 0.2) is 17.3 Å². The van der Waals surface area contributed by atoms with Crippen LogP contribution in [0.4, 0.5) is 0 Å². The van der Waals surface area contributed by atoms with Crippen LogP contribution in [0.2, 0.25) is 0 Å². The fraction of sp³-hybridized carbons (Fsp3) is 0.211. The SMILES string of the molecule is CCOc1ccc(/C=C2/COc3ccccc3C2=O)cc1OC. The molecule has 4 heteroatoms. The molecule has 3 rings (SSSR count). The maximum atomic E-state index is 12.5. The number of methoxy groups -OCH3 is 1. The summed E-state index contributed by atoms with van der Waals surface area (Å²) in [6, 6.07) is 12.9. The van der Waals surface area contributed by atoms with Gasteiger partial charge in [-0.1, -0.05) is 18.2 Å². The van der Waals surface area contributed by atoms with Crippen LogP contribution in [-0.2, 0) is 0 Å². The van der Waals surface area contributed by atoms with Crippen LogP contribution in [-0.4, -0.2) is 26.1 Å². The molecule has 1 aliphatic heterocycles. The number of para-hydroxylation sites is 1. The van der Waals surface area contributed by atoms with Crippen LogP contribution in [0.5, 0.6) is 17.2 Å². The number of ether oxygens (including phenoxy) is 3.